The lowest BCUT2D eigenvalue weighted by Crippen LogP contribution is -2.06. The smallest absolute Gasteiger partial charge is 0.143 e. The van der Waals surface area contributed by atoms with Crippen molar-refractivity contribution in [3.8, 4) is 0 Å². The summed E-state index contributed by atoms with van der Waals surface area (Å²) in [4.78, 5) is 8.05. The Labute approximate surface area is 106 Å². The summed E-state index contributed by atoms with van der Waals surface area (Å²) in [5.74, 6) is 1.47. The van der Waals surface area contributed by atoms with E-state index in [9.17, 15) is 0 Å². The van der Waals surface area contributed by atoms with Gasteiger partial charge in [0.05, 0.1) is 9.77 Å². The van der Waals surface area contributed by atoms with Crippen LogP contribution in [0.25, 0.3) is 0 Å². The number of nitrogens with two attached hydrogens (primary N) is 1. The summed E-state index contributed by atoms with van der Waals surface area (Å²) in [5, 5.41) is 7.26. The summed E-state index contributed by atoms with van der Waals surface area (Å²) in [7, 11) is 1.81. The second-order valence-corrected chi connectivity index (χ2v) is 4.41. The fourth-order valence-electron chi connectivity index (χ4n) is 1.25. The van der Waals surface area contributed by atoms with Gasteiger partial charge in [0.25, 0.3) is 0 Å². The summed E-state index contributed by atoms with van der Waals surface area (Å²) < 4.78 is 2.62. The molecule has 7 heteroatoms. The number of halogens is 1. The summed E-state index contributed by atoms with van der Waals surface area (Å²) in [5.41, 5.74) is 6.79. The predicted molar refractivity (Wildman–Crippen MR) is 69.7 cm³/mol. The van der Waals surface area contributed by atoms with Gasteiger partial charge in [-0.1, -0.05) is 0 Å². The van der Waals surface area contributed by atoms with Crippen LogP contribution in [0.15, 0.2) is 18.7 Å². The number of rotatable bonds is 3. The van der Waals surface area contributed by atoms with Gasteiger partial charge in [-0.2, -0.15) is 5.10 Å². The fourth-order valence-corrected chi connectivity index (χ4v) is 1.74. The molecule has 0 spiro atoms. The molecule has 0 aromatic carbocycles. The van der Waals surface area contributed by atoms with Crippen molar-refractivity contribution >= 4 is 34.2 Å². The first-order valence-electron chi connectivity index (χ1n) is 4.64. The Hall–Kier alpha value is -1.38. The van der Waals surface area contributed by atoms with Crippen molar-refractivity contribution in [1.82, 2.24) is 19.7 Å². The van der Waals surface area contributed by atoms with E-state index in [0.29, 0.717) is 12.4 Å². The maximum Gasteiger partial charge on any atom is 0.143 e. The number of aryl methyl sites for hydroxylation is 1. The lowest BCUT2D eigenvalue weighted by molar-refractivity contribution is 0.778. The molecular formula is C9H11IN6. The zero-order valence-corrected chi connectivity index (χ0v) is 10.8. The Morgan fingerprint density at radius 1 is 1.50 bits per heavy atom. The van der Waals surface area contributed by atoms with Gasteiger partial charge in [-0.25, -0.2) is 9.97 Å². The number of nitrogens with one attached hydrogen (secondary N) is 1. The standard InChI is InChI=1S/C9H11IN6/c1-16-8(11)6(3-15-16)2-13-9-7(10)4-12-5-14-9/h3-5H,2,11H2,1H3,(H,12,13,14). The molecule has 6 nitrogen and oxygen atoms in total. The Balaban J connectivity index is 2.08. The summed E-state index contributed by atoms with van der Waals surface area (Å²) >= 11 is 2.18. The average molecular weight is 330 g/mol. The van der Waals surface area contributed by atoms with Crippen LogP contribution in [0, 0.1) is 3.57 Å². The molecule has 0 aliphatic carbocycles. The van der Waals surface area contributed by atoms with E-state index in [0.717, 1.165) is 15.0 Å². The van der Waals surface area contributed by atoms with E-state index < -0.39 is 0 Å². The summed E-state index contributed by atoms with van der Waals surface area (Å²) in [6.07, 6.45) is 5.01. The first kappa shape index (κ1) is 11.1. The van der Waals surface area contributed by atoms with Crippen molar-refractivity contribution in [2.45, 2.75) is 6.54 Å². The molecule has 0 bridgehead atoms. The molecule has 0 saturated carbocycles. The highest BCUT2D eigenvalue weighted by Crippen LogP contribution is 2.15. The fraction of sp³-hybridized carbons (Fsp3) is 0.222. The van der Waals surface area contributed by atoms with Gasteiger partial charge in [-0.05, 0) is 22.6 Å². The quantitative estimate of drug-likeness (QED) is 0.821. The van der Waals surface area contributed by atoms with Crippen LogP contribution >= 0.6 is 22.6 Å². The third-order valence-electron chi connectivity index (χ3n) is 2.18. The second-order valence-electron chi connectivity index (χ2n) is 3.25. The molecule has 2 aromatic rings. The molecule has 0 fully saturated rings. The van der Waals surface area contributed by atoms with E-state index in [1.807, 2.05) is 7.05 Å². The average Bonchev–Trinajstić information content (AvgIpc) is 2.59. The number of nitrogen functional groups attached to an aromatic ring is 1. The van der Waals surface area contributed by atoms with Crippen LogP contribution in [-0.4, -0.2) is 19.7 Å². The van der Waals surface area contributed by atoms with Crippen molar-refractivity contribution in [3.63, 3.8) is 0 Å². The molecule has 2 aromatic heterocycles. The van der Waals surface area contributed by atoms with Gasteiger partial charge in [0.1, 0.15) is 18.0 Å². The van der Waals surface area contributed by atoms with Gasteiger partial charge >= 0.3 is 0 Å². The number of aromatic nitrogens is 4. The van der Waals surface area contributed by atoms with Gasteiger partial charge in [-0.3, -0.25) is 4.68 Å². The number of hydrogen-bond acceptors (Lipinski definition) is 5. The molecule has 84 valence electrons. The lowest BCUT2D eigenvalue weighted by atomic mass is 10.3. The number of nitrogens with zero attached hydrogens (tertiary/aromatic N) is 4. The maximum absolute atomic E-state index is 5.83. The molecule has 0 atom stereocenters. The Morgan fingerprint density at radius 3 is 2.94 bits per heavy atom. The molecule has 0 saturated heterocycles. The van der Waals surface area contributed by atoms with Crippen LogP contribution in [0.4, 0.5) is 11.6 Å². The topological polar surface area (TPSA) is 81.7 Å². The monoisotopic (exact) mass is 330 g/mol. The number of anilines is 2. The minimum absolute atomic E-state index is 0.604. The SMILES string of the molecule is Cn1ncc(CNc2ncncc2I)c1N. The van der Waals surface area contributed by atoms with Gasteiger partial charge in [0.15, 0.2) is 0 Å². The van der Waals surface area contributed by atoms with E-state index in [2.05, 4.69) is 43.0 Å². The minimum Gasteiger partial charge on any atom is -0.384 e. The highest BCUT2D eigenvalue weighted by Gasteiger charge is 2.05. The first-order valence-corrected chi connectivity index (χ1v) is 5.72. The van der Waals surface area contributed by atoms with E-state index in [1.54, 1.807) is 17.1 Å². The van der Waals surface area contributed by atoms with Crippen molar-refractivity contribution in [2.75, 3.05) is 11.1 Å². The normalized spacial score (nSPS) is 10.4. The molecular weight excluding hydrogens is 319 g/mol. The van der Waals surface area contributed by atoms with Gasteiger partial charge in [0.2, 0.25) is 0 Å². The van der Waals surface area contributed by atoms with Crippen LogP contribution in [0.1, 0.15) is 5.56 Å². The highest BCUT2D eigenvalue weighted by atomic mass is 127. The Morgan fingerprint density at radius 2 is 2.31 bits per heavy atom. The molecule has 0 amide bonds. The molecule has 0 unspecified atom stereocenters. The van der Waals surface area contributed by atoms with Crippen molar-refractivity contribution in [1.29, 1.82) is 0 Å². The molecule has 16 heavy (non-hydrogen) atoms. The largest absolute Gasteiger partial charge is 0.384 e. The highest BCUT2D eigenvalue weighted by molar-refractivity contribution is 14.1. The first-order chi connectivity index (χ1) is 7.68. The molecule has 3 N–H and O–H groups in total. The predicted octanol–water partition coefficient (Wildman–Crippen LogP) is 1.01. The van der Waals surface area contributed by atoms with Gasteiger partial charge < -0.3 is 11.1 Å². The van der Waals surface area contributed by atoms with Crippen LogP contribution in [0.3, 0.4) is 0 Å². The van der Waals surface area contributed by atoms with E-state index in [-0.39, 0.29) is 0 Å². The van der Waals surface area contributed by atoms with Crippen molar-refractivity contribution in [3.05, 3.63) is 27.9 Å². The third kappa shape index (κ3) is 2.23. The zero-order chi connectivity index (χ0) is 11.5. The number of hydrogen-bond donors (Lipinski definition) is 2. The summed E-state index contributed by atoms with van der Waals surface area (Å²) in [6.45, 7) is 0.604. The minimum atomic E-state index is 0.604. The Bertz CT molecular complexity index is 494. The van der Waals surface area contributed by atoms with Gasteiger partial charge in [0, 0.05) is 25.4 Å². The molecule has 2 rings (SSSR count). The molecule has 0 radical (unpaired) electrons. The van der Waals surface area contributed by atoms with E-state index in [4.69, 9.17) is 5.73 Å². The van der Waals surface area contributed by atoms with Crippen LogP contribution < -0.4 is 11.1 Å². The van der Waals surface area contributed by atoms with Gasteiger partial charge in [-0.15, -0.1) is 0 Å². The van der Waals surface area contributed by atoms with E-state index in [1.165, 1.54) is 6.33 Å². The molecule has 0 aliphatic rings. The molecule has 2 heterocycles. The second kappa shape index (κ2) is 4.64. The molecule has 0 aliphatic heterocycles. The maximum atomic E-state index is 5.83. The zero-order valence-electron chi connectivity index (χ0n) is 8.68. The van der Waals surface area contributed by atoms with Crippen molar-refractivity contribution < 1.29 is 0 Å². The summed E-state index contributed by atoms with van der Waals surface area (Å²) in [6, 6.07) is 0. The van der Waals surface area contributed by atoms with Crippen LogP contribution in [0.2, 0.25) is 0 Å². The van der Waals surface area contributed by atoms with E-state index >= 15 is 0 Å². The lowest BCUT2D eigenvalue weighted by Gasteiger charge is -2.06. The van der Waals surface area contributed by atoms with Crippen LogP contribution in [-0.2, 0) is 13.6 Å². The van der Waals surface area contributed by atoms with Crippen LogP contribution in [0.5, 0.6) is 0 Å². The van der Waals surface area contributed by atoms with Crippen molar-refractivity contribution in [2.24, 2.45) is 7.05 Å². The Kier molecular flexibility index (Phi) is 3.22. The third-order valence-corrected chi connectivity index (χ3v) is 2.97.